The average Bonchev–Trinajstić information content (AvgIpc) is 3.06. The highest BCUT2D eigenvalue weighted by Gasteiger charge is 2.19. The number of hydrogen-bond donors (Lipinski definition) is 2. The number of aryl methyl sites for hydroxylation is 1. The number of piperidine rings is 1. The van der Waals surface area contributed by atoms with Crippen molar-refractivity contribution in [2.24, 2.45) is 0 Å². The first-order valence-electron chi connectivity index (χ1n) is 8.62. The molecule has 2 N–H and O–H groups in total. The van der Waals surface area contributed by atoms with E-state index in [0.717, 1.165) is 46.3 Å². The maximum atomic E-state index is 5.41. The Balaban J connectivity index is 1.79. The predicted octanol–water partition coefficient (Wildman–Crippen LogP) is 4.22. The van der Waals surface area contributed by atoms with Gasteiger partial charge >= 0.3 is 0 Å². The Bertz CT molecular complexity index is 886. The lowest BCUT2D eigenvalue weighted by Gasteiger charge is -2.23. The van der Waals surface area contributed by atoms with Gasteiger partial charge in [-0.3, -0.25) is 0 Å². The lowest BCUT2D eigenvalue weighted by atomic mass is 9.94. The minimum atomic E-state index is 0.447. The van der Waals surface area contributed by atoms with E-state index in [1.807, 2.05) is 12.3 Å². The maximum Gasteiger partial charge on any atom is 0.188 e. The van der Waals surface area contributed by atoms with E-state index < -0.39 is 0 Å². The second-order valence-electron chi connectivity index (χ2n) is 6.43. The normalized spacial score (nSPS) is 17.6. The van der Waals surface area contributed by atoms with Crippen molar-refractivity contribution in [1.29, 1.82) is 0 Å². The molecule has 130 valence electrons. The molecule has 0 radical (unpaired) electrons. The first-order chi connectivity index (χ1) is 12.2. The summed E-state index contributed by atoms with van der Waals surface area (Å²) in [6.45, 7) is 4.14. The van der Waals surface area contributed by atoms with Crippen molar-refractivity contribution < 1.29 is 4.74 Å². The van der Waals surface area contributed by atoms with Gasteiger partial charge < -0.3 is 15.4 Å². The Hall–Kier alpha value is -2.18. The molecule has 0 spiro atoms. The zero-order valence-electron chi connectivity index (χ0n) is 14.5. The fraction of sp³-hybridized carbons (Fsp3) is 0.368. The van der Waals surface area contributed by atoms with Crippen LogP contribution in [0.2, 0.25) is 0 Å². The highest BCUT2D eigenvalue weighted by Crippen LogP contribution is 2.33. The van der Waals surface area contributed by atoms with Gasteiger partial charge in [-0.15, -0.1) is 11.3 Å². The molecule has 0 amide bonds. The second kappa shape index (κ2) is 6.98. The summed E-state index contributed by atoms with van der Waals surface area (Å²) in [4.78, 5) is 10.6. The number of fused-ring (bicyclic) bond motifs is 1. The monoisotopic (exact) mass is 354 g/mol. The average molecular weight is 354 g/mol. The molecule has 0 bridgehead atoms. The number of methoxy groups -OCH3 is 1. The minimum absolute atomic E-state index is 0.447. The van der Waals surface area contributed by atoms with Crippen LogP contribution in [0.1, 0.15) is 29.3 Å². The van der Waals surface area contributed by atoms with Crippen molar-refractivity contribution >= 4 is 33.1 Å². The van der Waals surface area contributed by atoms with Crippen molar-refractivity contribution in [1.82, 2.24) is 15.3 Å². The Morgan fingerprint density at radius 3 is 2.96 bits per heavy atom. The number of aromatic nitrogens is 2. The SMILES string of the molecule is COc1ccc2c(Nc3ncc(C)s3)nc(C3CCCNC3)cc2c1. The van der Waals surface area contributed by atoms with E-state index in [1.165, 1.54) is 17.7 Å². The number of benzene rings is 1. The third kappa shape index (κ3) is 3.45. The van der Waals surface area contributed by atoms with Crippen LogP contribution < -0.4 is 15.4 Å². The highest BCUT2D eigenvalue weighted by molar-refractivity contribution is 7.15. The molecular formula is C19H22N4OS. The molecule has 4 rings (SSSR count). The van der Waals surface area contributed by atoms with Gasteiger partial charge in [0.1, 0.15) is 11.6 Å². The molecule has 25 heavy (non-hydrogen) atoms. The zero-order chi connectivity index (χ0) is 17.2. The predicted molar refractivity (Wildman–Crippen MR) is 103 cm³/mol. The quantitative estimate of drug-likeness (QED) is 0.735. The first-order valence-corrected chi connectivity index (χ1v) is 9.43. The van der Waals surface area contributed by atoms with Crippen molar-refractivity contribution in [3.63, 3.8) is 0 Å². The molecule has 1 aliphatic heterocycles. The molecule has 3 heterocycles. The Kier molecular flexibility index (Phi) is 4.55. The summed E-state index contributed by atoms with van der Waals surface area (Å²) in [5.74, 6) is 2.18. The number of pyridine rings is 1. The maximum absolute atomic E-state index is 5.41. The van der Waals surface area contributed by atoms with Crippen LogP contribution in [0, 0.1) is 6.92 Å². The van der Waals surface area contributed by atoms with Crippen LogP contribution in [0.4, 0.5) is 10.9 Å². The van der Waals surface area contributed by atoms with Crippen LogP contribution in [-0.2, 0) is 0 Å². The topological polar surface area (TPSA) is 59.1 Å². The van der Waals surface area contributed by atoms with Crippen molar-refractivity contribution in [2.75, 3.05) is 25.5 Å². The van der Waals surface area contributed by atoms with E-state index in [0.29, 0.717) is 5.92 Å². The number of nitrogens with zero attached hydrogens (tertiary/aromatic N) is 2. The summed E-state index contributed by atoms with van der Waals surface area (Å²) < 4.78 is 5.41. The number of ether oxygens (including phenoxy) is 1. The molecule has 2 aromatic heterocycles. The van der Waals surface area contributed by atoms with Crippen molar-refractivity contribution in [2.45, 2.75) is 25.7 Å². The van der Waals surface area contributed by atoms with Crippen LogP contribution >= 0.6 is 11.3 Å². The third-order valence-corrected chi connectivity index (χ3v) is 5.45. The Morgan fingerprint density at radius 2 is 2.24 bits per heavy atom. The van der Waals surface area contributed by atoms with E-state index in [-0.39, 0.29) is 0 Å². The molecule has 6 heteroatoms. The molecule has 5 nitrogen and oxygen atoms in total. The van der Waals surface area contributed by atoms with Gasteiger partial charge in [-0.05, 0) is 56.0 Å². The molecule has 1 aliphatic rings. The molecule has 1 unspecified atom stereocenters. The Labute approximate surface area is 151 Å². The summed E-state index contributed by atoms with van der Waals surface area (Å²) in [5.41, 5.74) is 1.13. The van der Waals surface area contributed by atoms with Gasteiger partial charge in [0, 0.05) is 34.6 Å². The van der Waals surface area contributed by atoms with Gasteiger partial charge in [0.25, 0.3) is 0 Å². The fourth-order valence-corrected chi connectivity index (χ4v) is 3.97. The fourth-order valence-electron chi connectivity index (χ4n) is 3.31. The van der Waals surface area contributed by atoms with Crippen LogP contribution in [0.3, 0.4) is 0 Å². The molecule has 1 saturated heterocycles. The molecule has 1 aromatic carbocycles. The Morgan fingerprint density at radius 1 is 1.32 bits per heavy atom. The summed E-state index contributed by atoms with van der Waals surface area (Å²) in [5, 5.41) is 10.0. The number of rotatable bonds is 4. The van der Waals surface area contributed by atoms with Gasteiger partial charge in [-0.2, -0.15) is 0 Å². The minimum Gasteiger partial charge on any atom is -0.497 e. The number of thiazole rings is 1. The standard InChI is InChI=1S/C19H22N4OS/c1-12-10-21-19(25-12)23-18-16-6-5-15(24-2)8-14(16)9-17(22-18)13-4-3-7-20-11-13/h5-6,8-10,13,20H,3-4,7,11H2,1-2H3,(H,21,22,23). The lowest BCUT2D eigenvalue weighted by Crippen LogP contribution is -2.28. The largest absolute Gasteiger partial charge is 0.497 e. The summed E-state index contributed by atoms with van der Waals surface area (Å²) in [7, 11) is 1.70. The molecule has 3 aromatic rings. The van der Waals surface area contributed by atoms with E-state index >= 15 is 0 Å². The van der Waals surface area contributed by atoms with Gasteiger partial charge in [0.15, 0.2) is 5.13 Å². The van der Waals surface area contributed by atoms with Crippen molar-refractivity contribution in [3.8, 4) is 5.75 Å². The summed E-state index contributed by atoms with van der Waals surface area (Å²) in [6.07, 6.45) is 4.25. The number of anilines is 2. The van der Waals surface area contributed by atoms with Crippen LogP contribution in [0.25, 0.3) is 10.8 Å². The lowest BCUT2D eigenvalue weighted by molar-refractivity contribution is 0.415. The van der Waals surface area contributed by atoms with Crippen LogP contribution in [0.5, 0.6) is 5.75 Å². The molecule has 1 fully saturated rings. The van der Waals surface area contributed by atoms with Gasteiger partial charge in [0.05, 0.1) is 7.11 Å². The second-order valence-corrected chi connectivity index (χ2v) is 7.66. The molecule has 0 saturated carbocycles. The number of nitrogens with one attached hydrogen (secondary N) is 2. The first kappa shape index (κ1) is 16.3. The van der Waals surface area contributed by atoms with Crippen LogP contribution in [-0.4, -0.2) is 30.2 Å². The third-order valence-electron chi connectivity index (χ3n) is 4.62. The van der Waals surface area contributed by atoms with E-state index in [1.54, 1.807) is 18.4 Å². The molecule has 0 aliphatic carbocycles. The zero-order valence-corrected chi connectivity index (χ0v) is 15.3. The summed E-state index contributed by atoms with van der Waals surface area (Å²) >= 11 is 1.64. The smallest absolute Gasteiger partial charge is 0.188 e. The number of hydrogen-bond acceptors (Lipinski definition) is 6. The summed E-state index contributed by atoms with van der Waals surface area (Å²) in [6, 6.07) is 8.32. The van der Waals surface area contributed by atoms with Gasteiger partial charge in [-0.25, -0.2) is 9.97 Å². The van der Waals surface area contributed by atoms with E-state index in [4.69, 9.17) is 9.72 Å². The van der Waals surface area contributed by atoms with Gasteiger partial charge in [0.2, 0.25) is 0 Å². The van der Waals surface area contributed by atoms with E-state index in [2.05, 4.69) is 40.7 Å². The molecular weight excluding hydrogens is 332 g/mol. The highest BCUT2D eigenvalue weighted by atomic mass is 32.1. The van der Waals surface area contributed by atoms with Crippen molar-refractivity contribution in [3.05, 3.63) is 41.0 Å². The van der Waals surface area contributed by atoms with Crippen LogP contribution in [0.15, 0.2) is 30.5 Å². The van der Waals surface area contributed by atoms with Gasteiger partial charge in [-0.1, -0.05) is 0 Å². The molecule has 1 atom stereocenters. The van der Waals surface area contributed by atoms with E-state index in [9.17, 15) is 0 Å².